The second-order valence-corrected chi connectivity index (χ2v) is 20.2. The first-order chi connectivity index (χ1) is 35.1. The van der Waals surface area contributed by atoms with Crippen molar-refractivity contribution in [3.8, 4) is 16.9 Å². The molecule has 7 aromatic rings. The number of carboxylic acid groups (broad SMARTS) is 1. The third kappa shape index (κ3) is 9.45. The number of halogens is 3. The summed E-state index contributed by atoms with van der Waals surface area (Å²) in [4.78, 5) is 80.8. The molecule has 1 saturated carbocycles. The Morgan fingerprint density at radius 3 is 2.48 bits per heavy atom. The molecule has 4 N–H and O–H groups in total. The maximum absolute atomic E-state index is 14.9. The number of carbonyl (C=O) groups is 5. The van der Waals surface area contributed by atoms with E-state index in [1.807, 2.05) is 42.5 Å². The molecule has 1 spiro atoms. The average Bonchev–Trinajstić information content (AvgIpc) is 3.92. The molecule has 3 aliphatic heterocycles. The van der Waals surface area contributed by atoms with E-state index in [-0.39, 0.29) is 77.1 Å². The lowest BCUT2D eigenvalue weighted by molar-refractivity contribution is -0.137. The zero-order chi connectivity index (χ0) is 50.8. The quantitative estimate of drug-likeness (QED) is 0.0907. The summed E-state index contributed by atoms with van der Waals surface area (Å²) in [6.45, 7) is 2.06. The van der Waals surface area contributed by atoms with Crippen LogP contribution in [0.2, 0.25) is 0 Å². The monoisotopic (exact) mass is 1010 g/mol. The molecular weight excluding hydrogens is 966 g/mol. The molecule has 2 saturated heterocycles. The molecule has 3 fully saturated rings. The van der Waals surface area contributed by atoms with Gasteiger partial charge in [-0.2, -0.15) is 18.3 Å². The highest BCUT2D eigenvalue weighted by molar-refractivity contribution is 7.22. The minimum absolute atomic E-state index is 0.0200. The first-order valence-corrected chi connectivity index (χ1v) is 24.7. The number of nitrogens with zero attached hydrogens (tertiary/aromatic N) is 7. The second-order valence-electron chi connectivity index (χ2n) is 19.2. The number of pyridine rings is 2. The number of nitrogens with one attached hydrogen (secondary N) is 3. The standard InChI is InChI=1S/C52H47F3N10O7S/c1-63-39-22-29(6-8-34(39)44(62-63)35-11-13-42(66)60-47(35)68)57-43(67)27-64-20-16-51(17-21-64)24-31(25-51)72-30-7-9-32(37(23-30)52(53,54)55)33-10-12-41(59-46(33)49(70)71)65-19-15-28-14-18-56-45(36(28)26-65)48(69)61-50-58-38-4-2-3-5-40(38)73-50/h2-10,12,14,18,22-23,31,35H,11,13,15-17,19-21,24-27H2,1H3,(H,57,67)(H,70,71)(H,58,61,69)(H,60,66,68). The van der Waals surface area contributed by atoms with Crippen LogP contribution in [0.3, 0.4) is 0 Å². The van der Waals surface area contributed by atoms with Gasteiger partial charge in [0.05, 0.1) is 45.6 Å². The molecule has 73 heavy (non-hydrogen) atoms. The maximum atomic E-state index is 14.9. The highest BCUT2D eigenvalue weighted by Crippen LogP contribution is 2.51. The van der Waals surface area contributed by atoms with Gasteiger partial charge in [0.1, 0.15) is 17.3 Å². The van der Waals surface area contributed by atoms with Gasteiger partial charge in [0.2, 0.25) is 17.7 Å². The van der Waals surface area contributed by atoms with E-state index in [0.717, 1.165) is 45.6 Å². The van der Waals surface area contributed by atoms with Crippen molar-refractivity contribution in [3.63, 3.8) is 0 Å². The normalized spacial score (nSPS) is 18.1. The van der Waals surface area contributed by atoms with Gasteiger partial charge in [-0.15, -0.1) is 0 Å². The number of amides is 4. The Bertz CT molecular complexity index is 3360. The fourth-order valence-electron chi connectivity index (χ4n) is 10.8. The van der Waals surface area contributed by atoms with Crippen molar-refractivity contribution in [2.75, 3.05) is 41.7 Å². The first kappa shape index (κ1) is 47.5. The Hall–Kier alpha value is -7.78. The van der Waals surface area contributed by atoms with Gasteiger partial charge in [0.15, 0.2) is 10.8 Å². The van der Waals surface area contributed by atoms with Crippen LogP contribution in [0.4, 0.5) is 29.8 Å². The number of rotatable bonds is 11. The van der Waals surface area contributed by atoms with E-state index >= 15 is 0 Å². The largest absolute Gasteiger partial charge is 0.490 e. The number of carbonyl (C=O) groups excluding carboxylic acids is 4. The summed E-state index contributed by atoms with van der Waals surface area (Å²) in [5.41, 5.74) is 2.12. The number of ether oxygens (including phenoxy) is 1. The number of benzene rings is 3. The van der Waals surface area contributed by atoms with Crippen molar-refractivity contribution in [1.29, 1.82) is 0 Å². The van der Waals surface area contributed by atoms with Crippen LogP contribution in [0.15, 0.2) is 85.1 Å². The molecule has 3 aromatic carbocycles. The second kappa shape index (κ2) is 18.7. The number of piperidine rings is 2. The molecule has 17 nitrogen and oxygen atoms in total. The van der Waals surface area contributed by atoms with Crippen molar-refractivity contribution in [2.24, 2.45) is 12.5 Å². The Morgan fingerprint density at radius 1 is 0.918 bits per heavy atom. The SMILES string of the molecule is Cn1nc(C2CCC(=O)NC2=O)c2ccc(NC(=O)CN3CCC4(CC3)CC(Oc3ccc(-c5ccc(N6CCc7ccnc(C(=O)Nc8nc9ccccc9s8)c7C6)nc5C(=O)O)c(C(F)(F)F)c3)C4)cc21. The van der Waals surface area contributed by atoms with Crippen LogP contribution < -0.4 is 25.6 Å². The number of aromatic carboxylic acids is 1. The van der Waals surface area contributed by atoms with Crippen molar-refractivity contribution in [3.05, 3.63) is 119 Å². The highest BCUT2D eigenvalue weighted by atomic mass is 32.1. The summed E-state index contributed by atoms with van der Waals surface area (Å²) >= 11 is 1.33. The van der Waals surface area contributed by atoms with Crippen LogP contribution in [0.25, 0.3) is 32.2 Å². The average molecular weight is 1010 g/mol. The van der Waals surface area contributed by atoms with Crippen molar-refractivity contribution in [2.45, 2.75) is 69.7 Å². The van der Waals surface area contributed by atoms with Crippen molar-refractivity contribution >= 4 is 78.7 Å². The number of imide groups is 1. The number of likely N-dealkylation sites (tertiary alicyclic amines) is 1. The third-order valence-corrected chi connectivity index (χ3v) is 15.5. The minimum Gasteiger partial charge on any atom is -0.490 e. The number of anilines is 3. The van der Waals surface area contributed by atoms with E-state index in [1.165, 1.54) is 35.6 Å². The van der Waals surface area contributed by atoms with Crippen LogP contribution in [0.1, 0.15) is 87.8 Å². The Balaban J connectivity index is 0.711. The molecule has 4 amide bonds. The molecule has 374 valence electrons. The van der Waals surface area contributed by atoms with Gasteiger partial charge < -0.3 is 20.1 Å². The van der Waals surface area contributed by atoms with Gasteiger partial charge in [0, 0.05) is 55.0 Å². The summed E-state index contributed by atoms with van der Waals surface area (Å²) < 4.78 is 53.3. The van der Waals surface area contributed by atoms with E-state index in [4.69, 9.17) is 4.74 Å². The fraction of sp³-hybridized carbons (Fsp3) is 0.327. The van der Waals surface area contributed by atoms with Crippen LogP contribution in [-0.2, 0) is 40.6 Å². The lowest BCUT2D eigenvalue weighted by atomic mass is 9.61. The molecule has 7 heterocycles. The Morgan fingerprint density at radius 2 is 1.71 bits per heavy atom. The Kier molecular flexibility index (Phi) is 12.2. The Labute approximate surface area is 418 Å². The number of para-hydroxylation sites is 1. The number of carboxylic acids is 1. The molecule has 1 atom stereocenters. The minimum atomic E-state index is -4.86. The van der Waals surface area contributed by atoms with Gasteiger partial charge in [-0.25, -0.2) is 14.8 Å². The van der Waals surface area contributed by atoms with E-state index in [9.17, 15) is 42.3 Å². The molecular formula is C52H47F3N10O7S. The molecule has 1 aliphatic carbocycles. The molecule has 1 unspecified atom stereocenters. The number of aryl methyl sites for hydroxylation is 1. The van der Waals surface area contributed by atoms with Gasteiger partial charge in [-0.05, 0) is 129 Å². The lowest BCUT2D eigenvalue weighted by Gasteiger charge is -2.51. The van der Waals surface area contributed by atoms with Crippen LogP contribution in [-0.4, -0.2) is 96.6 Å². The smallest absolute Gasteiger partial charge is 0.417 e. The number of aromatic nitrogens is 5. The molecule has 0 radical (unpaired) electrons. The van der Waals surface area contributed by atoms with E-state index < -0.39 is 35.2 Å². The summed E-state index contributed by atoms with van der Waals surface area (Å²) in [7, 11) is 1.76. The molecule has 11 rings (SSSR count). The van der Waals surface area contributed by atoms with Gasteiger partial charge in [-0.3, -0.25) is 44.4 Å². The predicted octanol–water partition coefficient (Wildman–Crippen LogP) is 7.95. The maximum Gasteiger partial charge on any atom is 0.417 e. The number of alkyl halides is 3. The number of hydrogen-bond donors (Lipinski definition) is 4. The first-order valence-electron chi connectivity index (χ1n) is 23.9. The fourth-order valence-corrected chi connectivity index (χ4v) is 11.6. The number of fused-ring (bicyclic) bond motifs is 3. The van der Waals surface area contributed by atoms with Gasteiger partial charge in [0.25, 0.3) is 5.91 Å². The van der Waals surface area contributed by atoms with Gasteiger partial charge in [-0.1, -0.05) is 29.5 Å². The zero-order valence-electron chi connectivity index (χ0n) is 39.3. The molecule has 0 bridgehead atoms. The highest BCUT2D eigenvalue weighted by Gasteiger charge is 2.47. The van der Waals surface area contributed by atoms with Crippen LogP contribution in [0.5, 0.6) is 5.75 Å². The summed E-state index contributed by atoms with van der Waals surface area (Å²) in [5, 5.41) is 24.3. The summed E-state index contributed by atoms with van der Waals surface area (Å²) in [6, 6.07) is 21.1. The number of hydrogen-bond acceptors (Lipinski definition) is 13. The summed E-state index contributed by atoms with van der Waals surface area (Å²) in [6.07, 6.45) is 0.344. The predicted molar refractivity (Wildman–Crippen MR) is 264 cm³/mol. The van der Waals surface area contributed by atoms with E-state index in [1.54, 1.807) is 28.9 Å². The third-order valence-electron chi connectivity index (χ3n) is 14.5. The van der Waals surface area contributed by atoms with Crippen LogP contribution in [0, 0.1) is 5.41 Å². The molecule has 21 heteroatoms. The molecule has 4 aromatic heterocycles. The van der Waals surface area contributed by atoms with Crippen molar-refractivity contribution < 1.29 is 47.0 Å². The van der Waals surface area contributed by atoms with Crippen LogP contribution >= 0.6 is 11.3 Å². The van der Waals surface area contributed by atoms with Gasteiger partial charge >= 0.3 is 12.1 Å². The van der Waals surface area contributed by atoms with E-state index in [2.05, 4.69) is 40.9 Å². The van der Waals surface area contributed by atoms with E-state index in [0.29, 0.717) is 67.4 Å². The lowest BCUT2D eigenvalue weighted by Crippen LogP contribution is -2.51. The summed E-state index contributed by atoms with van der Waals surface area (Å²) in [5.74, 6) is -3.11. The number of thiazole rings is 1. The van der Waals surface area contributed by atoms with Crippen molar-refractivity contribution in [1.82, 2.24) is 34.9 Å². The molecule has 4 aliphatic rings. The zero-order valence-corrected chi connectivity index (χ0v) is 40.1. The topological polar surface area (TPSA) is 214 Å².